The van der Waals surface area contributed by atoms with E-state index in [0.29, 0.717) is 11.8 Å². The SMILES string of the molecule is NC1=Nc2ccccc2[C@H]2C[C@@H]12. The summed E-state index contributed by atoms with van der Waals surface area (Å²) in [7, 11) is 0. The summed E-state index contributed by atoms with van der Waals surface area (Å²) < 4.78 is 0. The Bertz CT molecular complexity index is 368. The van der Waals surface area contributed by atoms with Crippen LogP contribution in [0.25, 0.3) is 0 Å². The lowest BCUT2D eigenvalue weighted by atomic mass is 10.0. The third-order valence-electron chi connectivity index (χ3n) is 2.76. The van der Waals surface area contributed by atoms with E-state index in [0.717, 1.165) is 11.5 Å². The molecule has 1 fully saturated rings. The summed E-state index contributed by atoms with van der Waals surface area (Å²) in [6, 6.07) is 8.29. The number of benzene rings is 1. The van der Waals surface area contributed by atoms with Gasteiger partial charge in [-0.05, 0) is 24.0 Å². The number of hydrogen-bond acceptors (Lipinski definition) is 2. The topological polar surface area (TPSA) is 38.4 Å². The first-order valence-corrected chi connectivity index (χ1v) is 4.29. The highest BCUT2D eigenvalue weighted by atomic mass is 14.9. The standard InChI is InChI=1S/C10H10N2/c11-10-8-5-7(8)6-3-1-2-4-9(6)12-10/h1-4,7-8H,5H2,(H2,11,12)/t7-,8-/m1/s1. The quantitative estimate of drug-likeness (QED) is 0.614. The van der Waals surface area contributed by atoms with Gasteiger partial charge in [0.25, 0.3) is 0 Å². The molecule has 0 bridgehead atoms. The van der Waals surface area contributed by atoms with Gasteiger partial charge in [-0.15, -0.1) is 0 Å². The van der Waals surface area contributed by atoms with E-state index in [1.54, 1.807) is 0 Å². The van der Waals surface area contributed by atoms with Crippen LogP contribution in [0.5, 0.6) is 0 Å². The molecular formula is C10H10N2. The molecule has 2 heteroatoms. The van der Waals surface area contributed by atoms with E-state index >= 15 is 0 Å². The first kappa shape index (κ1) is 6.23. The highest BCUT2D eigenvalue weighted by Crippen LogP contribution is 2.53. The van der Waals surface area contributed by atoms with Gasteiger partial charge in [-0.25, -0.2) is 4.99 Å². The molecule has 2 aliphatic rings. The Morgan fingerprint density at radius 3 is 3.00 bits per heavy atom. The molecule has 1 aromatic carbocycles. The van der Waals surface area contributed by atoms with E-state index < -0.39 is 0 Å². The van der Waals surface area contributed by atoms with Crippen molar-refractivity contribution >= 4 is 11.5 Å². The molecule has 1 aliphatic carbocycles. The Morgan fingerprint density at radius 1 is 1.25 bits per heavy atom. The number of hydrogen-bond donors (Lipinski definition) is 1. The molecular weight excluding hydrogens is 148 g/mol. The molecule has 0 radical (unpaired) electrons. The molecule has 0 spiro atoms. The van der Waals surface area contributed by atoms with E-state index in [4.69, 9.17) is 5.73 Å². The Labute approximate surface area is 71.1 Å². The van der Waals surface area contributed by atoms with Gasteiger partial charge in [0.15, 0.2) is 0 Å². The lowest BCUT2D eigenvalue weighted by Crippen LogP contribution is -2.16. The molecule has 1 aromatic rings. The van der Waals surface area contributed by atoms with Gasteiger partial charge in [-0.3, -0.25) is 0 Å². The van der Waals surface area contributed by atoms with Crippen molar-refractivity contribution in [3.8, 4) is 0 Å². The molecule has 1 aliphatic heterocycles. The van der Waals surface area contributed by atoms with E-state index in [-0.39, 0.29) is 0 Å². The van der Waals surface area contributed by atoms with E-state index in [9.17, 15) is 0 Å². The Balaban J connectivity index is 2.23. The van der Waals surface area contributed by atoms with Crippen molar-refractivity contribution in [1.29, 1.82) is 0 Å². The van der Waals surface area contributed by atoms with Gasteiger partial charge in [0, 0.05) is 5.92 Å². The summed E-state index contributed by atoms with van der Waals surface area (Å²) in [5.74, 6) is 2.07. The smallest absolute Gasteiger partial charge is 0.103 e. The van der Waals surface area contributed by atoms with Crippen LogP contribution in [0, 0.1) is 5.92 Å². The predicted octanol–water partition coefficient (Wildman–Crippen LogP) is 1.79. The van der Waals surface area contributed by atoms with Crippen LogP contribution in [0.4, 0.5) is 5.69 Å². The van der Waals surface area contributed by atoms with Gasteiger partial charge in [0.1, 0.15) is 5.84 Å². The molecule has 0 amide bonds. The second-order valence-corrected chi connectivity index (χ2v) is 3.54. The molecule has 2 atom stereocenters. The average molecular weight is 158 g/mol. The van der Waals surface area contributed by atoms with Gasteiger partial charge in [-0.1, -0.05) is 18.2 Å². The molecule has 2 N–H and O–H groups in total. The fourth-order valence-corrected chi connectivity index (χ4v) is 1.99. The van der Waals surface area contributed by atoms with Crippen LogP contribution in [-0.2, 0) is 0 Å². The normalized spacial score (nSPS) is 30.2. The van der Waals surface area contributed by atoms with Crippen molar-refractivity contribution in [3.63, 3.8) is 0 Å². The molecule has 0 saturated heterocycles. The van der Waals surface area contributed by atoms with Gasteiger partial charge < -0.3 is 5.73 Å². The highest BCUT2D eigenvalue weighted by molar-refractivity contribution is 5.92. The van der Waals surface area contributed by atoms with Crippen molar-refractivity contribution < 1.29 is 0 Å². The monoisotopic (exact) mass is 158 g/mol. The molecule has 3 rings (SSSR count). The molecule has 2 nitrogen and oxygen atoms in total. The largest absolute Gasteiger partial charge is 0.387 e. The van der Waals surface area contributed by atoms with E-state index in [1.165, 1.54) is 12.0 Å². The minimum atomic E-state index is 0.555. The summed E-state index contributed by atoms with van der Waals surface area (Å²) in [4.78, 5) is 4.36. The second-order valence-electron chi connectivity index (χ2n) is 3.54. The maximum atomic E-state index is 5.78. The van der Waals surface area contributed by atoms with Crippen LogP contribution in [-0.4, -0.2) is 5.84 Å². The van der Waals surface area contributed by atoms with Gasteiger partial charge in [0.2, 0.25) is 0 Å². The number of amidine groups is 1. The first-order valence-electron chi connectivity index (χ1n) is 4.29. The minimum Gasteiger partial charge on any atom is -0.387 e. The summed E-state index contributed by atoms with van der Waals surface area (Å²) in [5.41, 5.74) is 8.25. The Kier molecular flexibility index (Phi) is 0.980. The zero-order valence-electron chi connectivity index (χ0n) is 6.70. The van der Waals surface area contributed by atoms with E-state index in [2.05, 4.69) is 17.1 Å². The number of rotatable bonds is 0. The molecule has 0 unspecified atom stereocenters. The lowest BCUT2D eigenvalue weighted by Gasteiger charge is -2.10. The number of nitrogens with two attached hydrogens (primary N) is 1. The molecule has 12 heavy (non-hydrogen) atoms. The zero-order valence-corrected chi connectivity index (χ0v) is 6.70. The average Bonchev–Trinajstić information content (AvgIpc) is 2.84. The number of nitrogens with zero attached hydrogens (tertiary/aromatic N) is 1. The fraction of sp³-hybridized carbons (Fsp3) is 0.300. The maximum absolute atomic E-state index is 5.78. The van der Waals surface area contributed by atoms with Crippen LogP contribution in [0.2, 0.25) is 0 Å². The van der Waals surface area contributed by atoms with E-state index in [1.807, 2.05) is 12.1 Å². The van der Waals surface area contributed by atoms with Gasteiger partial charge in [-0.2, -0.15) is 0 Å². The summed E-state index contributed by atoms with van der Waals surface area (Å²) in [5, 5.41) is 0. The second kappa shape index (κ2) is 1.89. The summed E-state index contributed by atoms with van der Waals surface area (Å²) in [6.45, 7) is 0. The number of fused-ring (bicyclic) bond motifs is 3. The third kappa shape index (κ3) is 0.670. The first-order chi connectivity index (χ1) is 5.86. The van der Waals surface area contributed by atoms with Crippen molar-refractivity contribution in [3.05, 3.63) is 29.8 Å². The lowest BCUT2D eigenvalue weighted by molar-refractivity contribution is 1.01. The van der Waals surface area contributed by atoms with Crippen molar-refractivity contribution in [2.45, 2.75) is 12.3 Å². The Hall–Kier alpha value is -1.31. The predicted molar refractivity (Wildman–Crippen MR) is 48.6 cm³/mol. The van der Waals surface area contributed by atoms with Crippen LogP contribution < -0.4 is 5.73 Å². The Morgan fingerprint density at radius 2 is 2.08 bits per heavy atom. The van der Waals surface area contributed by atoms with Crippen molar-refractivity contribution in [2.75, 3.05) is 0 Å². The minimum absolute atomic E-state index is 0.555. The summed E-state index contributed by atoms with van der Waals surface area (Å²) >= 11 is 0. The molecule has 0 aromatic heterocycles. The van der Waals surface area contributed by atoms with Crippen molar-refractivity contribution in [2.24, 2.45) is 16.6 Å². The van der Waals surface area contributed by atoms with Gasteiger partial charge >= 0.3 is 0 Å². The third-order valence-corrected chi connectivity index (χ3v) is 2.76. The molecule has 1 saturated carbocycles. The number of para-hydroxylation sites is 1. The highest BCUT2D eigenvalue weighted by Gasteiger charge is 2.44. The maximum Gasteiger partial charge on any atom is 0.103 e. The van der Waals surface area contributed by atoms with Crippen LogP contribution in [0.1, 0.15) is 17.9 Å². The molecule has 1 heterocycles. The zero-order chi connectivity index (χ0) is 8.13. The molecule has 60 valence electrons. The summed E-state index contributed by atoms with van der Waals surface area (Å²) in [6.07, 6.45) is 1.20. The van der Waals surface area contributed by atoms with Crippen LogP contribution in [0.15, 0.2) is 29.3 Å². The van der Waals surface area contributed by atoms with Gasteiger partial charge in [0.05, 0.1) is 5.69 Å². The fourth-order valence-electron chi connectivity index (χ4n) is 1.99. The number of aliphatic imine (C=N–C) groups is 1. The van der Waals surface area contributed by atoms with Crippen molar-refractivity contribution in [1.82, 2.24) is 0 Å². The van der Waals surface area contributed by atoms with Crippen LogP contribution in [0.3, 0.4) is 0 Å². The van der Waals surface area contributed by atoms with Crippen LogP contribution >= 0.6 is 0 Å².